The van der Waals surface area contributed by atoms with Gasteiger partial charge in [0.25, 0.3) is 0 Å². The number of halogens is 1. The lowest BCUT2D eigenvalue weighted by Gasteiger charge is -2.04. The van der Waals surface area contributed by atoms with Gasteiger partial charge >= 0.3 is 0 Å². The number of nitrogens with one attached hydrogen (secondary N) is 1. The fourth-order valence-electron chi connectivity index (χ4n) is 2.57. The standard InChI is InChI=1S/C18H17FN4O3/c1-26-11-23-8-13(6-12-2-4-14(19)5-3-12)15(9-23)16(24)7-17(25)18-20-10-21-22-18/h2-5,7-10,24H,6,11H2,1H3,(H,20,21,22)/b16-7-. The van der Waals surface area contributed by atoms with Crippen LogP contribution in [0.3, 0.4) is 0 Å². The Balaban J connectivity index is 1.91. The van der Waals surface area contributed by atoms with E-state index in [1.54, 1.807) is 30.0 Å². The summed E-state index contributed by atoms with van der Waals surface area (Å²) in [7, 11) is 1.56. The Bertz CT molecular complexity index is 915. The third-order valence-electron chi connectivity index (χ3n) is 3.74. The van der Waals surface area contributed by atoms with Crippen LogP contribution in [0.15, 0.2) is 49.1 Å². The highest BCUT2D eigenvalue weighted by Gasteiger charge is 2.15. The summed E-state index contributed by atoms with van der Waals surface area (Å²) in [6, 6.07) is 6.11. The Morgan fingerprint density at radius 2 is 2.12 bits per heavy atom. The van der Waals surface area contributed by atoms with Gasteiger partial charge in [0.15, 0.2) is 5.82 Å². The van der Waals surface area contributed by atoms with Crippen molar-refractivity contribution in [2.75, 3.05) is 7.11 Å². The van der Waals surface area contributed by atoms with Crippen molar-refractivity contribution in [2.24, 2.45) is 0 Å². The van der Waals surface area contributed by atoms with Gasteiger partial charge < -0.3 is 14.4 Å². The van der Waals surface area contributed by atoms with Gasteiger partial charge in [-0.3, -0.25) is 9.89 Å². The van der Waals surface area contributed by atoms with Crippen LogP contribution in [0.1, 0.15) is 27.3 Å². The average molecular weight is 356 g/mol. The normalized spacial score (nSPS) is 11.7. The molecule has 0 aliphatic carbocycles. The average Bonchev–Trinajstić information content (AvgIpc) is 3.27. The third kappa shape index (κ3) is 4.04. The summed E-state index contributed by atoms with van der Waals surface area (Å²) >= 11 is 0. The zero-order valence-corrected chi connectivity index (χ0v) is 14.0. The van der Waals surface area contributed by atoms with Crippen molar-refractivity contribution < 1.29 is 19.0 Å². The van der Waals surface area contributed by atoms with Gasteiger partial charge in [0.05, 0.1) is 0 Å². The number of ketones is 1. The summed E-state index contributed by atoms with van der Waals surface area (Å²) in [4.78, 5) is 15.8. The van der Waals surface area contributed by atoms with Crippen LogP contribution in [-0.4, -0.2) is 37.7 Å². The first-order valence-electron chi connectivity index (χ1n) is 7.79. The van der Waals surface area contributed by atoms with E-state index in [1.165, 1.54) is 18.5 Å². The maximum absolute atomic E-state index is 13.1. The number of nitrogens with zero attached hydrogens (tertiary/aromatic N) is 3. The number of aromatic amines is 1. The minimum absolute atomic E-state index is 0.0351. The summed E-state index contributed by atoms with van der Waals surface area (Å²) in [6.07, 6.45) is 6.25. The predicted octanol–water partition coefficient (Wildman–Crippen LogP) is 2.72. The molecule has 2 aromatic heterocycles. The topological polar surface area (TPSA) is 93.0 Å². The summed E-state index contributed by atoms with van der Waals surface area (Å²) < 4.78 is 19.9. The lowest BCUT2D eigenvalue weighted by Crippen LogP contribution is -2.00. The molecule has 0 unspecified atom stereocenters. The van der Waals surface area contributed by atoms with Crippen molar-refractivity contribution in [3.8, 4) is 0 Å². The molecule has 8 heteroatoms. The van der Waals surface area contributed by atoms with Crippen molar-refractivity contribution in [2.45, 2.75) is 13.2 Å². The van der Waals surface area contributed by atoms with Gasteiger partial charge in [-0.05, 0) is 29.7 Å². The quantitative estimate of drug-likeness (QED) is 0.386. The fourth-order valence-corrected chi connectivity index (χ4v) is 2.57. The lowest BCUT2D eigenvalue weighted by molar-refractivity contribution is 0.103. The van der Waals surface area contributed by atoms with E-state index in [2.05, 4.69) is 15.2 Å². The number of allylic oxidation sites excluding steroid dienone is 1. The molecule has 7 nitrogen and oxygen atoms in total. The van der Waals surface area contributed by atoms with E-state index >= 15 is 0 Å². The van der Waals surface area contributed by atoms with Crippen molar-refractivity contribution in [3.05, 3.63) is 77.4 Å². The van der Waals surface area contributed by atoms with Crippen molar-refractivity contribution in [3.63, 3.8) is 0 Å². The van der Waals surface area contributed by atoms with E-state index < -0.39 is 5.78 Å². The van der Waals surface area contributed by atoms with Crippen molar-refractivity contribution in [1.82, 2.24) is 19.7 Å². The van der Waals surface area contributed by atoms with Gasteiger partial charge in [-0.25, -0.2) is 9.37 Å². The number of H-pyrrole nitrogens is 1. The molecule has 2 heterocycles. The molecule has 134 valence electrons. The SMILES string of the molecule is COCn1cc(Cc2ccc(F)cc2)c(/C(O)=C/C(=O)c2ncn[nH]2)c1. The van der Waals surface area contributed by atoms with Crippen LogP contribution in [0.5, 0.6) is 0 Å². The molecule has 3 aromatic rings. The number of hydrogen-bond donors (Lipinski definition) is 2. The first-order valence-corrected chi connectivity index (χ1v) is 7.79. The number of carbonyl (C=O) groups excluding carboxylic acids is 1. The smallest absolute Gasteiger partial charge is 0.226 e. The van der Waals surface area contributed by atoms with Gasteiger partial charge in [-0.2, -0.15) is 5.10 Å². The van der Waals surface area contributed by atoms with E-state index in [1.807, 2.05) is 6.20 Å². The van der Waals surface area contributed by atoms with Crippen LogP contribution >= 0.6 is 0 Å². The molecule has 26 heavy (non-hydrogen) atoms. The summed E-state index contributed by atoms with van der Waals surface area (Å²) in [5.74, 6) is -0.968. The minimum atomic E-state index is -0.493. The Hall–Kier alpha value is -3.26. The number of ether oxygens (including phenoxy) is 1. The highest BCUT2D eigenvalue weighted by Crippen LogP contribution is 2.22. The highest BCUT2D eigenvalue weighted by molar-refractivity contribution is 6.05. The zero-order chi connectivity index (χ0) is 18.5. The maximum Gasteiger partial charge on any atom is 0.226 e. The van der Waals surface area contributed by atoms with Crippen LogP contribution < -0.4 is 0 Å². The fraction of sp³-hybridized carbons (Fsp3) is 0.167. The summed E-state index contributed by atoms with van der Waals surface area (Å²) in [6.45, 7) is 0.291. The molecular weight excluding hydrogens is 339 g/mol. The van der Waals surface area contributed by atoms with Gasteiger partial charge in [0, 0.05) is 31.1 Å². The molecule has 0 amide bonds. The van der Waals surface area contributed by atoms with Crippen LogP contribution in [0, 0.1) is 5.82 Å². The van der Waals surface area contributed by atoms with Crippen LogP contribution in [0.4, 0.5) is 4.39 Å². The molecule has 0 aliphatic heterocycles. The number of aliphatic hydroxyl groups is 1. The van der Waals surface area contributed by atoms with E-state index in [-0.39, 0.29) is 17.4 Å². The molecule has 3 rings (SSSR count). The number of rotatable bonds is 7. The number of carbonyl (C=O) groups is 1. The molecule has 0 bridgehead atoms. The van der Waals surface area contributed by atoms with Gasteiger partial charge in [-0.15, -0.1) is 0 Å². The Kier molecular flexibility index (Phi) is 5.23. The lowest BCUT2D eigenvalue weighted by atomic mass is 10.0. The predicted molar refractivity (Wildman–Crippen MR) is 92.0 cm³/mol. The Morgan fingerprint density at radius 1 is 1.35 bits per heavy atom. The van der Waals surface area contributed by atoms with Gasteiger partial charge in [0.2, 0.25) is 5.78 Å². The molecule has 0 spiro atoms. The number of benzene rings is 1. The maximum atomic E-state index is 13.1. The first-order chi connectivity index (χ1) is 12.6. The molecule has 0 aliphatic rings. The van der Waals surface area contributed by atoms with Crippen LogP contribution in [0.2, 0.25) is 0 Å². The largest absolute Gasteiger partial charge is 0.507 e. The number of aromatic nitrogens is 4. The number of hydrogen-bond acceptors (Lipinski definition) is 5. The van der Waals surface area contributed by atoms with Gasteiger partial charge in [-0.1, -0.05) is 12.1 Å². The molecule has 0 saturated carbocycles. The molecule has 0 radical (unpaired) electrons. The van der Waals surface area contributed by atoms with Crippen molar-refractivity contribution in [1.29, 1.82) is 0 Å². The Morgan fingerprint density at radius 3 is 2.77 bits per heavy atom. The Labute approximate surface area is 148 Å². The molecule has 0 fully saturated rings. The van der Waals surface area contributed by atoms with E-state index in [0.29, 0.717) is 18.7 Å². The molecule has 1 aromatic carbocycles. The monoisotopic (exact) mass is 356 g/mol. The second-order valence-electron chi connectivity index (χ2n) is 5.66. The van der Waals surface area contributed by atoms with Crippen LogP contribution in [0.25, 0.3) is 5.76 Å². The highest BCUT2D eigenvalue weighted by atomic mass is 19.1. The summed E-state index contributed by atoms with van der Waals surface area (Å²) in [5, 5.41) is 16.5. The molecular formula is C18H17FN4O3. The van der Waals surface area contributed by atoms with E-state index in [4.69, 9.17) is 4.74 Å². The van der Waals surface area contributed by atoms with E-state index in [9.17, 15) is 14.3 Å². The molecule has 0 saturated heterocycles. The van der Waals surface area contributed by atoms with E-state index in [0.717, 1.165) is 17.2 Å². The zero-order valence-electron chi connectivity index (χ0n) is 14.0. The van der Waals surface area contributed by atoms with Crippen molar-refractivity contribution >= 4 is 11.5 Å². The minimum Gasteiger partial charge on any atom is -0.507 e. The second-order valence-corrected chi connectivity index (χ2v) is 5.66. The molecule has 0 atom stereocenters. The number of methoxy groups -OCH3 is 1. The summed E-state index contributed by atoms with van der Waals surface area (Å²) in [5.41, 5.74) is 2.13. The molecule has 2 N–H and O–H groups in total. The first kappa shape index (κ1) is 17.6. The number of aliphatic hydroxyl groups excluding tert-OH is 1. The van der Waals surface area contributed by atoms with Crippen LogP contribution in [-0.2, 0) is 17.9 Å². The second kappa shape index (κ2) is 7.75. The third-order valence-corrected chi connectivity index (χ3v) is 3.74. The van der Waals surface area contributed by atoms with Gasteiger partial charge in [0.1, 0.15) is 24.6 Å².